The molecule has 2 heterocycles. The molecule has 2 rings (SSSR count). The Kier molecular flexibility index (Phi) is 4.57. The molecule has 0 saturated carbocycles. The predicted octanol–water partition coefficient (Wildman–Crippen LogP) is 2.28. The van der Waals surface area contributed by atoms with Gasteiger partial charge in [0.15, 0.2) is 0 Å². The molecule has 1 aliphatic heterocycles. The summed E-state index contributed by atoms with van der Waals surface area (Å²) in [6.45, 7) is 14.8. The zero-order valence-electron chi connectivity index (χ0n) is 14.9. The van der Waals surface area contributed by atoms with Crippen molar-refractivity contribution < 1.29 is 4.21 Å². The van der Waals surface area contributed by atoms with Crippen LogP contribution in [0.2, 0.25) is 0 Å². The van der Waals surface area contributed by atoms with Gasteiger partial charge in [0.25, 0.3) is 0 Å². The Morgan fingerprint density at radius 2 is 1.91 bits per heavy atom. The van der Waals surface area contributed by atoms with E-state index >= 15 is 0 Å². The van der Waals surface area contributed by atoms with Crippen LogP contribution in [0.5, 0.6) is 0 Å². The lowest BCUT2D eigenvalue weighted by molar-refractivity contribution is 0.384. The molecule has 3 unspecified atom stereocenters. The lowest BCUT2D eigenvalue weighted by atomic mass is 9.77. The highest BCUT2D eigenvalue weighted by Gasteiger charge is 2.48. The fourth-order valence-electron chi connectivity index (χ4n) is 3.46. The number of fused-ring (bicyclic) bond motifs is 1. The van der Waals surface area contributed by atoms with E-state index in [2.05, 4.69) is 51.9 Å². The topological polar surface area (TPSA) is 73.8 Å². The molecule has 6 heteroatoms. The first-order chi connectivity index (χ1) is 9.98. The van der Waals surface area contributed by atoms with Crippen LogP contribution in [0, 0.1) is 0 Å². The predicted molar refractivity (Wildman–Crippen MR) is 91.5 cm³/mol. The van der Waals surface area contributed by atoms with Crippen molar-refractivity contribution in [2.24, 2.45) is 5.73 Å². The van der Waals surface area contributed by atoms with Gasteiger partial charge in [-0.05, 0) is 27.2 Å². The monoisotopic (exact) mass is 326 g/mol. The van der Waals surface area contributed by atoms with Gasteiger partial charge in [-0.3, -0.25) is 4.21 Å². The van der Waals surface area contributed by atoms with Gasteiger partial charge in [-0.15, -0.1) is 5.10 Å². The molecule has 0 aromatic carbocycles. The van der Waals surface area contributed by atoms with E-state index in [-0.39, 0.29) is 28.2 Å². The fourth-order valence-corrected chi connectivity index (χ4v) is 5.79. The summed E-state index contributed by atoms with van der Waals surface area (Å²) in [4.78, 5) is 0. The van der Waals surface area contributed by atoms with Crippen molar-refractivity contribution in [3.05, 3.63) is 11.4 Å². The molecule has 3 atom stereocenters. The van der Waals surface area contributed by atoms with Crippen molar-refractivity contribution in [3.63, 3.8) is 0 Å². The number of hydrogen-bond donors (Lipinski definition) is 1. The Balaban J connectivity index is 2.68. The standard InChI is InChI=1S/C16H30N4OS/c1-10(2)20-14-13(18-19-20)15(4,5)9-22(21)12(8-11(3)17)16(14,6)7/h10-12H,8-9,17H2,1-7H3. The van der Waals surface area contributed by atoms with Crippen LogP contribution in [-0.4, -0.2) is 36.2 Å². The molecule has 0 bridgehead atoms. The maximum Gasteiger partial charge on any atom is 0.0930 e. The molecule has 0 spiro atoms. The average molecular weight is 327 g/mol. The minimum atomic E-state index is -0.942. The van der Waals surface area contributed by atoms with E-state index in [1.54, 1.807) is 0 Å². The summed E-state index contributed by atoms with van der Waals surface area (Å²) in [5.74, 6) is 0.609. The third-order valence-corrected chi connectivity index (χ3v) is 7.07. The Morgan fingerprint density at radius 3 is 2.41 bits per heavy atom. The van der Waals surface area contributed by atoms with Gasteiger partial charge in [0, 0.05) is 44.7 Å². The summed E-state index contributed by atoms with van der Waals surface area (Å²) < 4.78 is 15.0. The van der Waals surface area contributed by atoms with E-state index in [0.717, 1.165) is 17.8 Å². The summed E-state index contributed by atoms with van der Waals surface area (Å²) in [6.07, 6.45) is 0.748. The Bertz CT molecular complexity index is 575. The van der Waals surface area contributed by atoms with E-state index in [0.29, 0.717) is 5.75 Å². The van der Waals surface area contributed by atoms with Crippen molar-refractivity contribution >= 4 is 10.8 Å². The molecular formula is C16H30N4OS. The van der Waals surface area contributed by atoms with Gasteiger partial charge in [0.2, 0.25) is 0 Å². The first-order valence-electron chi connectivity index (χ1n) is 8.07. The van der Waals surface area contributed by atoms with Gasteiger partial charge in [0.05, 0.1) is 11.4 Å². The highest BCUT2D eigenvalue weighted by Crippen LogP contribution is 2.43. The molecular weight excluding hydrogens is 296 g/mol. The number of aromatic nitrogens is 3. The van der Waals surface area contributed by atoms with Gasteiger partial charge >= 0.3 is 0 Å². The Hall–Kier alpha value is -0.750. The molecule has 2 N–H and O–H groups in total. The quantitative estimate of drug-likeness (QED) is 0.925. The van der Waals surface area contributed by atoms with Crippen molar-refractivity contribution in [2.45, 2.75) is 83.1 Å². The van der Waals surface area contributed by atoms with Gasteiger partial charge < -0.3 is 5.73 Å². The number of nitrogens with two attached hydrogens (primary N) is 1. The molecule has 0 radical (unpaired) electrons. The van der Waals surface area contributed by atoms with Gasteiger partial charge in [-0.2, -0.15) is 0 Å². The molecule has 126 valence electrons. The number of nitrogens with zero attached hydrogens (tertiary/aromatic N) is 3. The second-order valence-corrected chi connectivity index (χ2v) is 9.78. The van der Waals surface area contributed by atoms with Crippen LogP contribution >= 0.6 is 0 Å². The highest BCUT2D eigenvalue weighted by atomic mass is 32.2. The van der Waals surface area contributed by atoms with Crippen LogP contribution in [0.1, 0.15) is 72.3 Å². The number of hydrogen-bond acceptors (Lipinski definition) is 4. The molecule has 0 amide bonds. The van der Waals surface area contributed by atoms with Crippen LogP contribution in [0.25, 0.3) is 0 Å². The molecule has 0 fully saturated rings. The lowest BCUT2D eigenvalue weighted by Gasteiger charge is -2.34. The Labute approximate surface area is 136 Å². The molecule has 1 aromatic rings. The molecule has 1 aliphatic rings. The second-order valence-electron chi connectivity index (χ2n) is 8.16. The van der Waals surface area contributed by atoms with Crippen LogP contribution in [0.15, 0.2) is 0 Å². The minimum absolute atomic E-state index is 0.0176. The molecule has 0 saturated heterocycles. The summed E-state index contributed by atoms with van der Waals surface area (Å²) in [6, 6.07) is 0.259. The van der Waals surface area contributed by atoms with Gasteiger partial charge in [-0.25, -0.2) is 4.68 Å². The summed E-state index contributed by atoms with van der Waals surface area (Å²) in [7, 11) is -0.942. The molecule has 1 aromatic heterocycles. The maximum atomic E-state index is 13.0. The average Bonchev–Trinajstić information content (AvgIpc) is 2.78. The van der Waals surface area contributed by atoms with Gasteiger partial charge in [-0.1, -0.05) is 32.9 Å². The second kappa shape index (κ2) is 5.71. The summed E-state index contributed by atoms with van der Waals surface area (Å²) in [5.41, 5.74) is 7.66. The molecule has 22 heavy (non-hydrogen) atoms. The third-order valence-electron chi connectivity index (χ3n) is 4.65. The van der Waals surface area contributed by atoms with Crippen molar-refractivity contribution in [3.8, 4) is 0 Å². The summed E-state index contributed by atoms with van der Waals surface area (Å²) in [5, 5.41) is 8.90. The zero-order chi connectivity index (χ0) is 16.9. The van der Waals surface area contributed by atoms with E-state index in [9.17, 15) is 4.21 Å². The van der Waals surface area contributed by atoms with Crippen molar-refractivity contribution in [1.82, 2.24) is 15.0 Å². The van der Waals surface area contributed by atoms with E-state index < -0.39 is 10.8 Å². The van der Waals surface area contributed by atoms with Crippen LogP contribution in [0.3, 0.4) is 0 Å². The largest absolute Gasteiger partial charge is 0.328 e. The summed E-state index contributed by atoms with van der Waals surface area (Å²) >= 11 is 0. The van der Waals surface area contributed by atoms with Crippen LogP contribution < -0.4 is 5.73 Å². The molecule has 0 aliphatic carbocycles. The van der Waals surface area contributed by atoms with Gasteiger partial charge in [0.1, 0.15) is 0 Å². The SMILES string of the molecule is CC(N)CC1S(=O)CC(C)(C)c2nnn(C(C)C)c2C1(C)C. The van der Waals surface area contributed by atoms with E-state index in [4.69, 9.17) is 5.73 Å². The third kappa shape index (κ3) is 2.87. The van der Waals surface area contributed by atoms with E-state index in [1.807, 2.05) is 11.6 Å². The lowest BCUT2D eigenvalue weighted by Crippen LogP contribution is -2.42. The first kappa shape index (κ1) is 17.6. The fraction of sp³-hybridized carbons (Fsp3) is 0.875. The molecule has 5 nitrogen and oxygen atoms in total. The Morgan fingerprint density at radius 1 is 1.32 bits per heavy atom. The number of rotatable bonds is 3. The zero-order valence-corrected chi connectivity index (χ0v) is 15.7. The van der Waals surface area contributed by atoms with Crippen molar-refractivity contribution in [2.75, 3.05) is 5.75 Å². The smallest absolute Gasteiger partial charge is 0.0930 e. The minimum Gasteiger partial charge on any atom is -0.328 e. The first-order valence-corrected chi connectivity index (χ1v) is 9.45. The highest BCUT2D eigenvalue weighted by molar-refractivity contribution is 7.85. The maximum absolute atomic E-state index is 13.0. The van der Waals surface area contributed by atoms with Crippen LogP contribution in [-0.2, 0) is 21.6 Å². The van der Waals surface area contributed by atoms with Crippen molar-refractivity contribution in [1.29, 1.82) is 0 Å². The van der Waals surface area contributed by atoms with E-state index in [1.165, 1.54) is 0 Å². The van der Waals surface area contributed by atoms with Crippen LogP contribution in [0.4, 0.5) is 0 Å². The normalized spacial score (nSPS) is 28.2.